The molecule has 0 amide bonds. The molecule has 3 aromatic rings. The minimum absolute atomic E-state index is 0.0414. The number of rotatable bonds is 3. The number of nitrogens with one attached hydrogen (secondary N) is 1. The van der Waals surface area contributed by atoms with Crippen LogP contribution in [0.25, 0.3) is 5.76 Å². The fraction of sp³-hybridized carbons (Fsp3) is 0.172. The topological polar surface area (TPSA) is 64.4 Å². The molecule has 0 saturated heterocycles. The van der Waals surface area contributed by atoms with Crippen LogP contribution >= 0.6 is 0 Å². The van der Waals surface area contributed by atoms with E-state index in [4.69, 9.17) is 0 Å². The van der Waals surface area contributed by atoms with Crippen LogP contribution in [0.1, 0.15) is 41.9 Å². The van der Waals surface area contributed by atoms with Gasteiger partial charge in [0.2, 0.25) is 0 Å². The van der Waals surface area contributed by atoms with Gasteiger partial charge in [0.05, 0.1) is 0 Å². The van der Waals surface area contributed by atoms with Crippen LogP contribution in [0.3, 0.4) is 0 Å². The monoisotopic (exact) mass is 434 g/mol. The molecule has 0 radical (unpaired) electrons. The van der Waals surface area contributed by atoms with Crippen molar-refractivity contribution in [1.29, 1.82) is 5.41 Å². The summed E-state index contributed by atoms with van der Waals surface area (Å²) in [6.45, 7) is 2.00. The predicted molar refractivity (Wildman–Crippen MR) is 132 cm³/mol. The number of benzene rings is 3. The van der Waals surface area contributed by atoms with Crippen LogP contribution in [0.5, 0.6) is 0 Å². The number of amidine groups is 1. The third-order valence-electron chi connectivity index (χ3n) is 6.48. The van der Waals surface area contributed by atoms with E-state index in [-0.39, 0.29) is 17.4 Å². The van der Waals surface area contributed by atoms with Gasteiger partial charge in [-0.3, -0.25) is 15.1 Å². The van der Waals surface area contributed by atoms with Gasteiger partial charge in [0.25, 0.3) is 0 Å². The first-order chi connectivity index (χ1) is 16.1. The zero-order valence-corrected chi connectivity index (χ0v) is 18.6. The van der Waals surface area contributed by atoms with Crippen molar-refractivity contribution in [2.75, 3.05) is 4.90 Å². The predicted octanol–water partition coefficient (Wildman–Crippen LogP) is 6.55. The number of hydrogen-bond acceptors (Lipinski definition) is 3. The summed E-state index contributed by atoms with van der Waals surface area (Å²) < 4.78 is 0. The number of carbonyl (C=O) groups excluding carboxylic acids is 1. The van der Waals surface area contributed by atoms with E-state index in [1.165, 1.54) is 0 Å². The average molecular weight is 435 g/mol. The molecule has 0 fully saturated rings. The van der Waals surface area contributed by atoms with Crippen LogP contribution < -0.4 is 4.90 Å². The second-order valence-corrected chi connectivity index (χ2v) is 8.63. The van der Waals surface area contributed by atoms with Crippen molar-refractivity contribution < 1.29 is 9.90 Å². The largest absolute Gasteiger partial charge is 0.507 e. The van der Waals surface area contributed by atoms with Crippen molar-refractivity contribution in [3.63, 3.8) is 0 Å². The van der Waals surface area contributed by atoms with Gasteiger partial charge < -0.3 is 5.11 Å². The van der Waals surface area contributed by atoms with Gasteiger partial charge in [-0.05, 0) is 37.5 Å². The molecule has 0 bridgehead atoms. The maximum Gasteiger partial charge on any atom is 0.161 e. The Morgan fingerprint density at radius 2 is 1.55 bits per heavy atom. The molecule has 3 aromatic carbocycles. The van der Waals surface area contributed by atoms with Crippen LogP contribution in [0.15, 0.2) is 102 Å². The second-order valence-electron chi connectivity index (χ2n) is 8.63. The Bertz CT molecular complexity index is 1270. The van der Waals surface area contributed by atoms with Crippen molar-refractivity contribution in [3.8, 4) is 0 Å². The Balaban J connectivity index is 1.82. The zero-order valence-electron chi connectivity index (χ0n) is 18.6. The van der Waals surface area contributed by atoms with E-state index >= 15 is 0 Å². The number of allylic oxidation sites excluding steroid dienone is 2. The van der Waals surface area contributed by atoms with E-state index in [0.717, 1.165) is 35.4 Å². The lowest BCUT2D eigenvalue weighted by Crippen LogP contribution is -2.42. The number of carbonyl (C=O) groups is 1. The number of aliphatic hydroxyl groups excluding tert-OH is 1. The Morgan fingerprint density at radius 1 is 0.909 bits per heavy atom. The van der Waals surface area contributed by atoms with Gasteiger partial charge in [-0.25, -0.2) is 0 Å². The smallest absolute Gasteiger partial charge is 0.161 e. The highest BCUT2D eigenvalue weighted by Gasteiger charge is 2.43. The van der Waals surface area contributed by atoms with E-state index in [9.17, 15) is 15.3 Å². The Morgan fingerprint density at radius 3 is 2.21 bits per heavy atom. The van der Waals surface area contributed by atoms with E-state index in [0.29, 0.717) is 23.1 Å². The van der Waals surface area contributed by atoms with Crippen molar-refractivity contribution in [3.05, 3.63) is 118 Å². The number of nitrogens with zero attached hydrogens (tertiary/aromatic N) is 1. The lowest BCUT2D eigenvalue weighted by molar-refractivity contribution is -0.116. The zero-order chi connectivity index (χ0) is 22.9. The molecule has 0 aromatic heterocycles. The van der Waals surface area contributed by atoms with E-state index in [2.05, 4.69) is 0 Å². The molecule has 2 N–H and O–H groups in total. The summed E-state index contributed by atoms with van der Waals surface area (Å²) in [5.41, 5.74) is 5.49. The molecule has 0 spiro atoms. The SMILES string of the molecule is Cc1ccc(/C(O)=C2\C(=N)N(c3ccccc3)C3=C(C(=O)CCC3)C2c2ccccc2)cc1. The summed E-state index contributed by atoms with van der Waals surface area (Å²) in [7, 11) is 0. The Labute approximate surface area is 194 Å². The molecule has 1 unspecified atom stereocenters. The van der Waals surface area contributed by atoms with Crippen LogP contribution in [0.4, 0.5) is 5.69 Å². The molecule has 1 aliphatic carbocycles. The molecule has 2 aliphatic rings. The van der Waals surface area contributed by atoms with Gasteiger partial charge in [0.15, 0.2) is 5.78 Å². The molecule has 1 atom stereocenters. The van der Waals surface area contributed by atoms with Gasteiger partial charge in [0, 0.05) is 40.4 Å². The molecule has 1 heterocycles. The molecule has 4 heteroatoms. The number of Topliss-reactive ketones (excluding diaryl/α,β-unsaturated/α-hetero) is 1. The lowest BCUT2D eigenvalue weighted by atomic mass is 9.73. The van der Waals surface area contributed by atoms with E-state index in [1.807, 2.05) is 96.8 Å². The summed E-state index contributed by atoms with van der Waals surface area (Å²) in [5.74, 6) is -0.142. The van der Waals surface area contributed by atoms with Crippen molar-refractivity contribution in [2.45, 2.75) is 32.1 Å². The van der Waals surface area contributed by atoms with E-state index in [1.54, 1.807) is 0 Å². The normalized spacial score (nSPS) is 20.0. The van der Waals surface area contributed by atoms with Crippen LogP contribution in [0.2, 0.25) is 0 Å². The average Bonchev–Trinajstić information content (AvgIpc) is 2.84. The number of hydrogen-bond donors (Lipinski definition) is 2. The van der Waals surface area contributed by atoms with Crippen molar-refractivity contribution in [1.82, 2.24) is 0 Å². The van der Waals surface area contributed by atoms with Crippen LogP contribution in [-0.2, 0) is 4.79 Å². The van der Waals surface area contributed by atoms with Gasteiger partial charge in [-0.1, -0.05) is 78.4 Å². The standard InChI is InChI=1S/C29H26N2O2/c1-19-15-17-21(18-16-19)28(33)27-25(20-9-4-2-5-10-20)26-23(13-8-14-24(26)32)31(29(27)30)22-11-6-3-7-12-22/h2-7,9-12,15-18,25,30,33H,8,13-14H2,1H3/b28-27+,30-29?. The van der Waals surface area contributed by atoms with Gasteiger partial charge in [0.1, 0.15) is 11.6 Å². The summed E-state index contributed by atoms with van der Waals surface area (Å²) in [6.07, 6.45) is 1.97. The first kappa shape index (κ1) is 21.0. The number of aliphatic hydroxyl groups is 1. The fourth-order valence-electron chi connectivity index (χ4n) is 4.90. The van der Waals surface area contributed by atoms with Gasteiger partial charge in [-0.15, -0.1) is 0 Å². The minimum Gasteiger partial charge on any atom is -0.507 e. The Kier molecular flexibility index (Phi) is 5.43. The van der Waals surface area contributed by atoms with Crippen LogP contribution in [-0.4, -0.2) is 16.7 Å². The van der Waals surface area contributed by atoms with Gasteiger partial charge in [-0.2, -0.15) is 0 Å². The highest BCUT2D eigenvalue weighted by atomic mass is 16.3. The number of ketones is 1. The van der Waals surface area contributed by atoms with Gasteiger partial charge >= 0.3 is 0 Å². The van der Waals surface area contributed by atoms with Crippen molar-refractivity contribution >= 4 is 23.1 Å². The molecular weight excluding hydrogens is 408 g/mol. The summed E-state index contributed by atoms with van der Waals surface area (Å²) in [5, 5.41) is 20.9. The Hall–Kier alpha value is -3.92. The molecule has 4 nitrogen and oxygen atoms in total. The number of aryl methyl sites for hydroxylation is 1. The molecular formula is C29H26N2O2. The third kappa shape index (κ3) is 3.68. The lowest BCUT2D eigenvalue weighted by Gasteiger charge is -2.41. The van der Waals surface area contributed by atoms with Crippen molar-refractivity contribution in [2.24, 2.45) is 0 Å². The summed E-state index contributed by atoms with van der Waals surface area (Å²) in [4.78, 5) is 15.2. The minimum atomic E-state index is -0.484. The van der Waals surface area contributed by atoms with Crippen LogP contribution in [0, 0.1) is 12.3 Å². The summed E-state index contributed by atoms with van der Waals surface area (Å²) >= 11 is 0. The second kappa shape index (κ2) is 8.55. The molecule has 5 rings (SSSR count). The number of anilines is 1. The summed E-state index contributed by atoms with van der Waals surface area (Å²) in [6, 6.07) is 27.1. The maximum atomic E-state index is 13.4. The highest BCUT2D eigenvalue weighted by Crippen LogP contribution is 2.47. The molecule has 1 aliphatic heterocycles. The fourth-order valence-corrected chi connectivity index (χ4v) is 4.90. The number of para-hydroxylation sites is 1. The maximum absolute atomic E-state index is 13.4. The molecule has 0 saturated carbocycles. The quantitative estimate of drug-likeness (QED) is 0.459. The third-order valence-corrected chi connectivity index (χ3v) is 6.48. The van der Waals surface area contributed by atoms with E-state index < -0.39 is 5.92 Å². The first-order valence-electron chi connectivity index (χ1n) is 11.3. The molecule has 164 valence electrons. The first-order valence-corrected chi connectivity index (χ1v) is 11.3. The molecule has 33 heavy (non-hydrogen) atoms. The highest BCUT2D eigenvalue weighted by molar-refractivity contribution is 6.19.